The number of benzene rings is 2. The van der Waals surface area contributed by atoms with Crippen molar-refractivity contribution >= 4 is 17.9 Å². The maximum absolute atomic E-state index is 14.2. The Morgan fingerprint density at radius 3 is 2.59 bits per heavy atom. The predicted molar refractivity (Wildman–Crippen MR) is 102 cm³/mol. The second kappa shape index (κ2) is 6.92. The van der Waals surface area contributed by atoms with Crippen molar-refractivity contribution in [2.45, 2.75) is 18.0 Å². The second-order valence-corrected chi connectivity index (χ2v) is 6.80. The van der Waals surface area contributed by atoms with Crippen molar-refractivity contribution in [1.82, 2.24) is 0 Å². The Kier molecular flexibility index (Phi) is 4.53. The largest absolute Gasteiger partial charge is 0.465 e. The van der Waals surface area contributed by atoms with Crippen LogP contribution in [0.5, 0.6) is 0 Å². The third-order valence-electron chi connectivity index (χ3n) is 5.07. The normalized spacial score (nSPS) is 18.3. The highest BCUT2D eigenvalue weighted by Gasteiger charge is 2.56. The lowest BCUT2D eigenvalue weighted by atomic mass is 9.74. The number of methoxy groups -OCH3 is 1. The summed E-state index contributed by atoms with van der Waals surface area (Å²) in [7, 11) is 1.26. The average molecular weight is 399 g/mol. The summed E-state index contributed by atoms with van der Waals surface area (Å²) < 4.78 is 52.6. The van der Waals surface area contributed by atoms with Gasteiger partial charge in [0.2, 0.25) is 0 Å². The molecule has 0 aliphatic carbocycles. The van der Waals surface area contributed by atoms with Gasteiger partial charge in [-0.1, -0.05) is 30.3 Å². The van der Waals surface area contributed by atoms with Crippen LogP contribution >= 0.6 is 0 Å². The fraction of sp³-hybridized carbons (Fsp3) is 0.182. The molecule has 0 spiro atoms. The molecule has 7 heteroatoms. The van der Waals surface area contributed by atoms with Crippen LogP contribution in [0.1, 0.15) is 21.5 Å². The van der Waals surface area contributed by atoms with Crippen LogP contribution in [-0.2, 0) is 16.6 Å². The fourth-order valence-corrected chi connectivity index (χ4v) is 3.49. The standard InChI is InChI=1S/C22H16F3NO3/c1-28-20(27)16-10-19(29-12-16)14-7-8-18-15(9-14)11-21(13-26-18,22(23,24)25)17-5-3-2-4-6-17/h2-10,12-13H,11H2,1H3/t21-/m0/s1. The Morgan fingerprint density at radius 1 is 1.14 bits per heavy atom. The van der Waals surface area contributed by atoms with E-state index in [9.17, 15) is 18.0 Å². The van der Waals surface area contributed by atoms with Crippen LogP contribution in [0.4, 0.5) is 18.9 Å². The molecule has 0 N–H and O–H groups in total. The van der Waals surface area contributed by atoms with E-state index in [1.54, 1.807) is 36.4 Å². The molecule has 29 heavy (non-hydrogen) atoms. The molecule has 0 amide bonds. The number of carbonyl (C=O) groups excluding carboxylic acids is 1. The van der Waals surface area contributed by atoms with E-state index in [2.05, 4.69) is 9.73 Å². The maximum Gasteiger partial charge on any atom is 0.403 e. The topological polar surface area (TPSA) is 51.8 Å². The third-order valence-corrected chi connectivity index (χ3v) is 5.07. The van der Waals surface area contributed by atoms with Gasteiger partial charge in [-0.05, 0) is 41.8 Å². The van der Waals surface area contributed by atoms with Crippen LogP contribution in [-0.4, -0.2) is 25.5 Å². The van der Waals surface area contributed by atoms with Crippen LogP contribution in [0.2, 0.25) is 0 Å². The number of hydrogen-bond acceptors (Lipinski definition) is 4. The number of rotatable bonds is 3. The molecule has 0 saturated heterocycles. The first-order valence-corrected chi connectivity index (χ1v) is 8.82. The van der Waals surface area contributed by atoms with Gasteiger partial charge in [-0.3, -0.25) is 4.99 Å². The quantitative estimate of drug-likeness (QED) is 0.547. The van der Waals surface area contributed by atoms with Gasteiger partial charge in [-0.2, -0.15) is 13.2 Å². The number of halogens is 3. The molecule has 1 aliphatic rings. The molecule has 2 aromatic carbocycles. The van der Waals surface area contributed by atoms with E-state index in [-0.39, 0.29) is 17.5 Å². The van der Waals surface area contributed by atoms with Gasteiger partial charge in [-0.15, -0.1) is 0 Å². The van der Waals surface area contributed by atoms with E-state index in [1.165, 1.54) is 31.6 Å². The predicted octanol–water partition coefficient (Wildman–Crippen LogP) is 5.49. The second-order valence-electron chi connectivity index (χ2n) is 6.80. The van der Waals surface area contributed by atoms with Gasteiger partial charge in [0.25, 0.3) is 0 Å². The van der Waals surface area contributed by atoms with Crippen LogP contribution in [0, 0.1) is 0 Å². The van der Waals surface area contributed by atoms with Crippen LogP contribution in [0.25, 0.3) is 11.3 Å². The number of esters is 1. The van der Waals surface area contributed by atoms with Gasteiger partial charge in [-0.25, -0.2) is 4.79 Å². The molecule has 0 fully saturated rings. The van der Waals surface area contributed by atoms with Gasteiger partial charge in [0, 0.05) is 11.8 Å². The van der Waals surface area contributed by atoms with Gasteiger partial charge < -0.3 is 9.15 Å². The summed E-state index contributed by atoms with van der Waals surface area (Å²) in [5.74, 6) is -0.192. The Bertz CT molecular complexity index is 1090. The zero-order chi connectivity index (χ0) is 20.6. The van der Waals surface area contributed by atoms with Gasteiger partial charge in [0.05, 0.1) is 18.4 Å². The number of nitrogens with zero attached hydrogens (tertiary/aromatic N) is 1. The van der Waals surface area contributed by atoms with Crippen molar-refractivity contribution in [2.75, 3.05) is 7.11 Å². The van der Waals surface area contributed by atoms with Gasteiger partial charge in [0.15, 0.2) is 0 Å². The highest BCUT2D eigenvalue weighted by molar-refractivity contribution is 5.90. The number of aliphatic imine (C=N–C) groups is 1. The summed E-state index contributed by atoms with van der Waals surface area (Å²) in [6.07, 6.45) is -2.55. The monoisotopic (exact) mass is 399 g/mol. The van der Waals surface area contributed by atoms with Crippen molar-refractivity contribution in [3.63, 3.8) is 0 Å². The van der Waals surface area contributed by atoms with Gasteiger partial charge >= 0.3 is 12.1 Å². The lowest BCUT2D eigenvalue weighted by Gasteiger charge is -2.35. The highest BCUT2D eigenvalue weighted by atomic mass is 19.4. The molecule has 0 saturated carbocycles. The molecule has 3 aromatic rings. The maximum atomic E-state index is 14.2. The zero-order valence-corrected chi connectivity index (χ0v) is 15.4. The summed E-state index contributed by atoms with van der Waals surface area (Å²) >= 11 is 0. The summed E-state index contributed by atoms with van der Waals surface area (Å²) in [6, 6.07) is 14.2. The minimum atomic E-state index is -4.52. The molecule has 1 atom stereocenters. The van der Waals surface area contributed by atoms with E-state index in [0.717, 1.165) is 6.21 Å². The van der Waals surface area contributed by atoms with E-state index in [4.69, 9.17) is 4.42 Å². The smallest absolute Gasteiger partial charge is 0.403 e. The summed E-state index contributed by atoms with van der Waals surface area (Å²) in [5.41, 5.74) is -0.364. The lowest BCUT2D eigenvalue weighted by Crippen LogP contribution is -2.46. The number of ether oxygens (including phenoxy) is 1. The average Bonchev–Trinajstić information content (AvgIpc) is 3.22. The molecule has 1 aliphatic heterocycles. The van der Waals surface area contributed by atoms with Crippen molar-refractivity contribution in [3.05, 3.63) is 77.6 Å². The molecule has 0 bridgehead atoms. The molecule has 4 rings (SSSR count). The molecule has 0 unspecified atom stereocenters. The zero-order valence-electron chi connectivity index (χ0n) is 15.4. The Morgan fingerprint density at radius 2 is 1.90 bits per heavy atom. The van der Waals surface area contributed by atoms with E-state index < -0.39 is 17.6 Å². The first-order chi connectivity index (χ1) is 13.8. The summed E-state index contributed by atoms with van der Waals surface area (Å²) in [4.78, 5) is 15.7. The lowest BCUT2D eigenvalue weighted by molar-refractivity contribution is -0.168. The minimum Gasteiger partial charge on any atom is -0.465 e. The molecule has 4 nitrogen and oxygen atoms in total. The van der Waals surface area contributed by atoms with Crippen molar-refractivity contribution in [2.24, 2.45) is 4.99 Å². The molecule has 0 radical (unpaired) electrons. The van der Waals surface area contributed by atoms with Crippen LogP contribution in [0.15, 0.2) is 70.3 Å². The molecular formula is C22H16F3NO3. The SMILES string of the molecule is COC(=O)c1coc(-c2ccc3c(c2)C[C@](c2ccccc2)(C(F)(F)F)C=N3)c1. The summed E-state index contributed by atoms with van der Waals surface area (Å²) in [6.45, 7) is 0. The molecule has 2 heterocycles. The Labute approximate surface area is 164 Å². The highest BCUT2D eigenvalue weighted by Crippen LogP contribution is 2.47. The van der Waals surface area contributed by atoms with Crippen molar-refractivity contribution < 1.29 is 27.1 Å². The Hall–Kier alpha value is -3.35. The molecule has 148 valence electrons. The van der Waals surface area contributed by atoms with Crippen LogP contribution in [0.3, 0.4) is 0 Å². The molecular weight excluding hydrogens is 383 g/mol. The van der Waals surface area contributed by atoms with Gasteiger partial charge in [0.1, 0.15) is 17.4 Å². The Balaban J connectivity index is 1.76. The number of hydrogen-bond donors (Lipinski definition) is 0. The number of carbonyl (C=O) groups is 1. The molecule has 1 aromatic heterocycles. The van der Waals surface area contributed by atoms with Crippen molar-refractivity contribution in [1.29, 1.82) is 0 Å². The fourth-order valence-electron chi connectivity index (χ4n) is 3.49. The number of fused-ring (bicyclic) bond motifs is 1. The first kappa shape index (κ1) is 19.0. The number of furan rings is 1. The van der Waals surface area contributed by atoms with Crippen molar-refractivity contribution in [3.8, 4) is 11.3 Å². The van der Waals surface area contributed by atoms with E-state index in [0.29, 0.717) is 22.6 Å². The van der Waals surface area contributed by atoms with E-state index in [1.807, 2.05) is 0 Å². The van der Waals surface area contributed by atoms with E-state index >= 15 is 0 Å². The minimum absolute atomic E-state index is 0.137. The van der Waals surface area contributed by atoms with Crippen LogP contribution < -0.4 is 0 Å². The third kappa shape index (κ3) is 3.22. The summed E-state index contributed by atoms with van der Waals surface area (Å²) in [5, 5.41) is 0. The first-order valence-electron chi connectivity index (χ1n) is 8.82. The number of alkyl halides is 3.